The van der Waals surface area contributed by atoms with Crippen molar-refractivity contribution in [2.75, 3.05) is 5.75 Å². The number of phenols is 1. The summed E-state index contributed by atoms with van der Waals surface area (Å²) in [5.74, 6) is 1.05. The first-order chi connectivity index (χ1) is 6.22. The fourth-order valence-electron chi connectivity index (χ4n) is 0.992. The molecule has 2 nitrogen and oxygen atoms in total. The van der Waals surface area contributed by atoms with Crippen molar-refractivity contribution in [1.29, 1.82) is 0 Å². The number of thioether (sulfide) groups is 1. The number of benzene rings is 1. The number of carbonyl (C=O) groups excluding carboxylic acids is 1. The van der Waals surface area contributed by atoms with Crippen molar-refractivity contribution in [1.82, 2.24) is 0 Å². The molecule has 0 bridgehead atoms. The van der Waals surface area contributed by atoms with E-state index in [0.29, 0.717) is 6.42 Å². The Bertz CT molecular complexity index is 279. The lowest BCUT2D eigenvalue weighted by Crippen LogP contribution is -1.97. The SMILES string of the molecule is CCSC(=O)Cc1ccc(O)cc1. The minimum absolute atomic E-state index is 0.174. The quantitative estimate of drug-likeness (QED) is 0.805. The highest BCUT2D eigenvalue weighted by Crippen LogP contribution is 2.12. The van der Waals surface area contributed by atoms with E-state index in [1.165, 1.54) is 11.8 Å². The third kappa shape index (κ3) is 3.51. The van der Waals surface area contributed by atoms with Crippen LogP contribution in [-0.2, 0) is 11.2 Å². The van der Waals surface area contributed by atoms with Crippen LogP contribution in [0.25, 0.3) is 0 Å². The van der Waals surface area contributed by atoms with Crippen LogP contribution >= 0.6 is 11.8 Å². The molecule has 1 N–H and O–H groups in total. The van der Waals surface area contributed by atoms with Crippen LogP contribution in [0, 0.1) is 0 Å². The van der Waals surface area contributed by atoms with E-state index in [0.717, 1.165) is 11.3 Å². The number of aromatic hydroxyl groups is 1. The first-order valence-electron chi connectivity index (χ1n) is 4.16. The summed E-state index contributed by atoms with van der Waals surface area (Å²) in [6.07, 6.45) is 0.443. The summed E-state index contributed by atoms with van der Waals surface area (Å²) in [6.45, 7) is 1.96. The molecule has 0 aliphatic carbocycles. The van der Waals surface area contributed by atoms with E-state index in [2.05, 4.69) is 0 Å². The number of phenolic OH excluding ortho intramolecular Hbond substituents is 1. The molecule has 3 heteroatoms. The number of hydrogen-bond donors (Lipinski definition) is 1. The summed E-state index contributed by atoms with van der Waals surface area (Å²) in [5, 5.41) is 9.18. The van der Waals surface area contributed by atoms with Crippen LogP contribution in [0.2, 0.25) is 0 Å². The molecule has 0 unspecified atom stereocenters. The summed E-state index contributed by atoms with van der Waals surface area (Å²) in [5.41, 5.74) is 0.948. The van der Waals surface area contributed by atoms with Gasteiger partial charge in [0.2, 0.25) is 0 Å². The van der Waals surface area contributed by atoms with Crippen LogP contribution < -0.4 is 0 Å². The van der Waals surface area contributed by atoms with Crippen LogP contribution in [0.4, 0.5) is 0 Å². The fourth-order valence-corrected chi connectivity index (χ4v) is 1.58. The maximum atomic E-state index is 11.2. The van der Waals surface area contributed by atoms with E-state index < -0.39 is 0 Å². The molecule has 0 aromatic heterocycles. The maximum Gasteiger partial charge on any atom is 0.193 e. The first kappa shape index (κ1) is 10.1. The van der Waals surface area contributed by atoms with E-state index in [-0.39, 0.29) is 10.9 Å². The van der Waals surface area contributed by atoms with Crippen LogP contribution in [-0.4, -0.2) is 16.0 Å². The highest BCUT2D eigenvalue weighted by atomic mass is 32.2. The molecule has 1 aromatic carbocycles. The van der Waals surface area contributed by atoms with Gasteiger partial charge in [0.05, 0.1) is 0 Å². The van der Waals surface area contributed by atoms with Gasteiger partial charge in [-0.05, 0) is 23.4 Å². The zero-order valence-electron chi connectivity index (χ0n) is 7.49. The zero-order chi connectivity index (χ0) is 9.68. The minimum Gasteiger partial charge on any atom is -0.508 e. The van der Waals surface area contributed by atoms with Gasteiger partial charge in [0.1, 0.15) is 5.75 Å². The molecule has 0 radical (unpaired) electrons. The Balaban J connectivity index is 2.54. The number of rotatable bonds is 3. The normalized spacial score (nSPS) is 9.92. The Labute approximate surface area is 82.0 Å². The molecule has 0 saturated carbocycles. The lowest BCUT2D eigenvalue weighted by molar-refractivity contribution is -0.110. The van der Waals surface area contributed by atoms with Crippen LogP contribution in [0.3, 0.4) is 0 Å². The summed E-state index contributed by atoms with van der Waals surface area (Å²) in [4.78, 5) is 11.2. The molecular weight excluding hydrogens is 184 g/mol. The predicted molar refractivity (Wildman–Crippen MR) is 54.9 cm³/mol. The molecule has 1 aromatic rings. The van der Waals surface area contributed by atoms with Crippen molar-refractivity contribution in [2.45, 2.75) is 13.3 Å². The highest BCUT2D eigenvalue weighted by molar-refractivity contribution is 8.13. The van der Waals surface area contributed by atoms with Gasteiger partial charge >= 0.3 is 0 Å². The third-order valence-electron chi connectivity index (χ3n) is 1.59. The standard InChI is InChI=1S/C10H12O2S/c1-2-13-10(12)7-8-3-5-9(11)6-4-8/h3-6,11H,2,7H2,1H3. The molecule has 0 spiro atoms. The van der Waals surface area contributed by atoms with Gasteiger partial charge in [-0.2, -0.15) is 0 Å². The van der Waals surface area contributed by atoms with Gasteiger partial charge in [0.25, 0.3) is 0 Å². The van der Waals surface area contributed by atoms with Crippen LogP contribution in [0.1, 0.15) is 12.5 Å². The van der Waals surface area contributed by atoms with Gasteiger partial charge in [-0.3, -0.25) is 4.79 Å². The van der Waals surface area contributed by atoms with Crippen molar-refractivity contribution in [3.63, 3.8) is 0 Å². The average Bonchev–Trinajstić information content (AvgIpc) is 2.09. The summed E-state index contributed by atoms with van der Waals surface area (Å²) >= 11 is 1.33. The number of hydrogen-bond acceptors (Lipinski definition) is 3. The second kappa shape index (κ2) is 4.92. The van der Waals surface area contributed by atoms with E-state index in [4.69, 9.17) is 5.11 Å². The molecular formula is C10H12O2S. The summed E-state index contributed by atoms with van der Waals surface area (Å²) in [7, 11) is 0. The molecule has 0 heterocycles. The Morgan fingerprint density at radius 2 is 2.00 bits per heavy atom. The van der Waals surface area contributed by atoms with E-state index in [9.17, 15) is 4.79 Å². The van der Waals surface area contributed by atoms with Gasteiger partial charge < -0.3 is 5.11 Å². The molecule has 0 amide bonds. The van der Waals surface area contributed by atoms with E-state index in [1.807, 2.05) is 6.92 Å². The average molecular weight is 196 g/mol. The predicted octanol–water partition coefficient (Wildman–Crippen LogP) is 2.21. The zero-order valence-corrected chi connectivity index (χ0v) is 8.30. The van der Waals surface area contributed by atoms with Gasteiger partial charge in [-0.15, -0.1) is 0 Å². The largest absolute Gasteiger partial charge is 0.508 e. The van der Waals surface area contributed by atoms with E-state index >= 15 is 0 Å². The molecule has 13 heavy (non-hydrogen) atoms. The first-order valence-corrected chi connectivity index (χ1v) is 5.14. The molecule has 0 atom stereocenters. The molecule has 0 saturated heterocycles. The monoisotopic (exact) mass is 196 g/mol. The Hall–Kier alpha value is -0.960. The van der Waals surface area contributed by atoms with Gasteiger partial charge in [0, 0.05) is 6.42 Å². The smallest absolute Gasteiger partial charge is 0.193 e. The molecule has 0 aliphatic heterocycles. The van der Waals surface area contributed by atoms with Crippen LogP contribution in [0.15, 0.2) is 24.3 Å². The molecule has 1 rings (SSSR count). The van der Waals surface area contributed by atoms with Gasteiger partial charge in [0.15, 0.2) is 5.12 Å². The van der Waals surface area contributed by atoms with Crippen molar-refractivity contribution in [3.8, 4) is 5.75 Å². The fraction of sp³-hybridized carbons (Fsp3) is 0.300. The second-order valence-corrected chi connectivity index (χ2v) is 3.97. The van der Waals surface area contributed by atoms with Crippen molar-refractivity contribution < 1.29 is 9.90 Å². The van der Waals surface area contributed by atoms with Crippen molar-refractivity contribution >= 4 is 16.9 Å². The molecule has 0 fully saturated rings. The van der Waals surface area contributed by atoms with Gasteiger partial charge in [-0.1, -0.05) is 30.8 Å². The van der Waals surface area contributed by atoms with E-state index in [1.54, 1.807) is 24.3 Å². The lowest BCUT2D eigenvalue weighted by atomic mass is 10.2. The highest BCUT2D eigenvalue weighted by Gasteiger charge is 2.02. The Kier molecular flexibility index (Phi) is 3.83. The van der Waals surface area contributed by atoms with Crippen molar-refractivity contribution in [2.24, 2.45) is 0 Å². The summed E-state index contributed by atoms with van der Waals surface area (Å²) < 4.78 is 0. The second-order valence-electron chi connectivity index (χ2n) is 2.65. The maximum absolute atomic E-state index is 11.2. The number of carbonyl (C=O) groups is 1. The molecule has 0 aliphatic rings. The minimum atomic E-state index is 0.174. The van der Waals surface area contributed by atoms with Gasteiger partial charge in [-0.25, -0.2) is 0 Å². The topological polar surface area (TPSA) is 37.3 Å². The third-order valence-corrected chi connectivity index (χ3v) is 2.35. The Morgan fingerprint density at radius 3 is 2.54 bits per heavy atom. The van der Waals surface area contributed by atoms with Crippen LogP contribution in [0.5, 0.6) is 5.75 Å². The molecule has 70 valence electrons. The lowest BCUT2D eigenvalue weighted by Gasteiger charge is -1.99. The Morgan fingerprint density at radius 1 is 1.38 bits per heavy atom. The van der Waals surface area contributed by atoms with Crippen molar-refractivity contribution in [3.05, 3.63) is 29.8 Å². The summed E-state index contributed by atoms with van der Waals surface area (Å²) in [6, 6.07) is 6.73.